The monoisotopic (exact) mass is 359 g/mol. The van der Waals surface area contributed by atoms with Gasteiger partial charge in [-0.15, -0.1) is 10.2 Å². The molecule has 0 aliphatic heterocycles. The fourth-order valence-corrected chi connectivity index (χ4v) is 2.55. The molecule has 3 aromatic rings. The Bertz CT molecular complexity index is 859. The van der Waals surface area contributed by atoms with Gasteiger partial charge in [-0.05, 0) is 12.1 Å². The van der Waals surface area contributed by atoms with Gasteiger partial charge in [0.05, 0.1) is 0 Å². The van der Waals surface area contributed by atoms with Gasteiger partial charge < -0.3 is 4.42 Å². The summed E-state index contributed by atoms with van der Waals surface area (Å²) < 4.78 is 71.6. The molecular formula is C14H6F5N3OS. The Morgan fingerprint density at radius 1 is 0.833 bits per heavy atom. The van der Waals surface area contributed by atoms with Crippen LogP contribution in [-0.4, -0.2) is 15.2 Å². The summed E-state index contributed by atoms with van der Waals surface area (Å²) in [6.07, 6.45) is 3.00. The van der Waals surface area contributed by atoms with Gasteiger partial charge in [-0.2, -0.15) is 0 Å². The van der Waals surface area contributed by atoms with Crippen LogP contribution < -0.4 is 0 Å². The molecule has 24 heavy (non-hydrogen) atoms. The number of rotatable bonds is 4. The van der Waals surface area contributed by atoms with Gasteiger partial charge in [0, 0.05) is 29.3 Å². The van der Waals surface area contributed by atoms with Gasteiger partial charge in [0.15, 0.2) is 23.3 Å². The summed E-state index contributed by atoms with van der Waals surface area (Å²) in [6, 6.07) is 3.21. The molecule has 4 nitrogen and oxygen atoms in total. The number of thioether (sulfide) groups is 1. The zero-order chi connectivity index (χ0) is 17.3. The number of halogens is 5. The van der Waals surface area contributed by atoms with Crippen LogP contribution in [0.2, 0.25) is 0 Å². The van der Waals surface area contributed by atoms with Crippen LogP contribution >= 0.6 is 11.8 Å². The first kappa shape index (κ1) is 16.4. The average Bonchev–Trinajstić information content (AvgIpc) is 3.08. The molecule has 0 unspecified atom stereocenters. The molecule has 0 spiro atoms. The van der Waals surface area contributed by atoms with Gasteiger partial charge in [-0.3, -0.25) is 4.98 Å². The summed E-state index contributed by atoms with van der Waals surface area (Å²) in [6.45, 7) is 0. The lowest BCUT2D eigenvalue weighted by Crippen LogP contribution is -2.06. The third-order valence-corrected chi connectivity index (χ3v) is 3.82. The molecule has 0 fully saturated rings. The molecule has 3 rings (SSSR count). The minimum absolute atomic E-state index is 0.0780. The lowest BCUT2D eigenvalue weighted by atomic mass is 10.2. The SMILES string of the molecule is Fc1c(F)c(F)c(CSc2nnc(-c3ccncc3)o2)c(F)c1F. The maximum Gasteiger partial charge on any atom is 0.277 e. The fraction of sp³-hybridized carbons (Fsp3) is 0.0714. The lowest BCUT2D eigenvalue weighted by molar-refractivity contribution is 0.372. The summed E-state index contributed by atoms with van der Waals surface area (Å²) in [5.74, 6) is -10.4. The van der Waals surface area contributed by atoms with Crippen LogP contribution in [0.1, 0.15) is 5.56 Å². The highest BCUT2D eigenvalue weighted by molar-refractivity contribution is 7.98. The van der Waals surface area contributed by atoms with Crippen LogP contribution in [0.5, 0.6) is 0 Å². The van der Waals surface area contributed by atoms with Gasteiger partial charge in [0.25, 0.3) is 5.22 Å². The standard InChI is InChI=1S/C14H6F5N3OS/c15-8-7(9(16)11(18)12(19)10(8)17)5-24-14-22-21-13(23-14)6-1-3-20-4-2-6/h1-4H,5H2. The van der Waals surface area contributed by atoms with Crippen LogP contribution in [0.3, 0.4) is 0 Å². The number of hydrogen-bond donors (Lipinski definition) is 0. The smallest absolute Gasteiger partial charge is 0.277 e. The molecule has 1 aromatic carbocycles. The molecule has 0 aliphatic rings. The number of benzene rings is 1. The van der Waals surface area contributed by atoms with Crippen molar-refractivity contribution in [3.63, 3.8) is 0 Å². The summed E-state index contributed by atoms with van der Waals surface area (Å²) in [4.78, 5) is 3.82. The first-order chi connectivity index (χ1) is 11.5. The predicted octanol–water partition coefficient (Wildman–Crippen LogP) is 4.12. The highest BCUT2D eigenvalue weighted by atomic mass is 32.2. The van der Waals surface area contributed by atoms with Crippen LogP contribution in [0.15, 0.2) is 34.2 Å². The van der Waals surface area contributed by atoms with Crippen molar-refractivity contribution in [2.45, 2.75) is 11.0 Å². The van der Waals surface area contributed by atoms with E-state index in [1.54, 1.807) is 12.1 Å². The molecule has 0 N–H and O–H groups in total. The fourth-order valence-electron chi connectivity index (χ4n) is 1.79. The molecule has 0 bridgehead atoms. The van der Waals surface area contributed by atoms with Crippen LogP contribution in [-0.2, 0) is 5.75 Å². The first-order valence-corrected chi connectivity index (χ1v) is 7.34. The Kier molecular flexibility index (Phi) is 4.47. The summed E-state index contributed by atoms with van der Waals surface area (Å²) >= 11 is 0.649. The second kappa shape index (κ2) is 6.56. The maximum atomic E-state index is 13.6. The van der Waals surface area contributed by atoms with Crippen molar-refractivity contribution in [3.05, 3.63) is 59.2 Å². The number of nitrogens with zero attached hydrogens (tertiary/aromatic N) is 3. The molecule has 2 heterocycles. The van der Waals surface area contributed by atoms with Crippen molar-refractivity contribution in [2.75, 3.05) is 0 Å². The molecule has 2 aromatic heterocycles. The summed E-state index contributed by atoms with van der Waals surface area (Å²) in [5, 5.41) is 7.30. The van der Waals surface area contributed by atoms with Gasteiger partial charge in [0.1, 0.15) is 0 Å². The number of pyridine rings is 1. The highest BCUT2D eigenvalue weighted by Crippen LogP contribution is 2.30. The summed E-state index contributed by atoms with van der Waals surface area (Å²) in [7, 11) is 0. The minimum atomic E-state index is -2.20. The van der Waals surface area contributed by atoms with E-state index in [0.717, 1.165) is 0 Å². The lowest BCUT2D eigenvalue weighted by Gasteiger charge is -2.06. The van der Waals surface area contributed by atoms with E-state index in [2.05, 4.69) is 15.2 Å². The number of aromatic nitrogens is 3. The third-order valence-electron chi connectivity index (χ3n) is 2.97. The van der Waals surface area contributed by atoms with Crippen molar-refractivity contribution < 1.29 is 26.4 Å². The molecule has 124 valence electrons. The van der Waals surface area contributed by atoms with Crippen LogP contribution in [0.25, 0.3) is 11.5 Å². The van der Waals surface area contributed by atoms with Gasteiger partial charge in [-0.1, -0.05) is 11.8 Å². The topological polar surface area (TPSA) is 51.8 Å². The van der Waals surface area contributed by atoms with Crippen molar-refractivity contribution in [1.29, 1.82) is 0 Å². The van der Waals surface area contributed by atoms with E-state index in [4.69, 9.17) is 4.42 Å². The second-order valence-electron chi connectivity index (χ2n) is 4.45. The van der Waals surface area contributed by atoms with Crippen LogP contribution in [0.4, 0.5) is 22.0 Å². The molecule has 0 atom stereocenters. The maximum absolute atomic E-state index is 13.6. The van der Waals surface area contributed by atoms with E-state index in [9.17, 15) is 22.0 Å². The molecule has 0 aliphatic carbocycles. The van der Waals surface area contributed by atoms with Crippen molar-refractivity contribution in [1.82, 2.24) is 15.2 Å². The first-order valence-electron chi connectivity index (χ1n) is 6.36. The molecule has 0 amide bonds. The Labute approximate surface area is 135 Å². The number of hydrogen-bond acceptors (Lipinski definition) is 5. The van der Waals surface area contributed by atoms with E-state index in [1.807, 2.05) is 0 Å². The molecule has 0 radical (unpaired) electrons. The Morgan fingerprint density at radius 3 is 2.04 bits per heavy atom. The quantitative estimate of drug-likeness (QED) is 0.304. The molecule has 10 heteroatoms. The summed E-state index contributed by atoms with van der Waals surface area (Å²) in [5.41, 5.74) is -0.388. The predicted molar refractivity (Wildman–Crippen MR) is 73.3 cm³/mol. The molecular weight excluding hydrogens is 353 g/mol. The van der Waals surface area contributed by atoms with E-state index in [0.29, 0.717) is 17.3 Å². The van der Waals surface area contributed by atoms with Gasteiger partial charge in [0.2, 0.25) is 11.7 Å². The van der Waals surface area contributed by atoms with Gasteiger partial charge >= 0.3 is 0 Å². The second-order valence-corrected chi connectivity index (χ2v) is 5.37. The van der Waals surface area contributed by atoms with E-state index < -0.39 is 40.4 Å². The normalized spacial score (nSPS) is 11.0. The Balaban J connectivity index is 1.81. The van der Waals surface area contributed by atoms with Crippen LogP contribution in [0, 0.1) is 29.1 Å². The van der Waals surface area contributed by atoms with E-state index >= 15 is 0 Å². The minimum Gasteiger partial charge on any atom is -0.411 e. The molecule has 0 saturated carbocycles. The average molecular weight is 359 g/mol. The molecule has 0 saturated heterocycles. The zero-order valence-corrected chi connectivity index (χ0v) is 12.4. The van der Waals surface area contributed by atoms with E-state index in [-0.39, 0.29) is 11.1 Å². The Hall–Kier alpha value is -2.49. The van der Waals surface area contributed by atoms with Crippen molar-refractivity contribution in [2.24, 2.45) is 0 Å². The zero-order valence-electron chi connectivity index (χ0n) is 11.6. The highest BCUT2D eigenvalue weighted by Gasteiger charge is 2.26. The largest absolute Gasteiger partial charge is 0.411 e. The van der Waals surface area contributed by atoms with Crippen molar-refractivity contribution >= 4 is 11.8 Å². The van der Waals surface area contributed by atoms with E-state index in [1.165, 1.54) is 12.4 Å². The third kappa shape index (κ3) is 2.96. The van der Waals surface area contributed by atoms with Gasteiger partial charge in [-0.25, -0.2) is 22.0 Å². The van der Waals surface area contributed by atoms with Crippen molar-refractivity contribution in [3.8, 4) is 11.5 Å². The Morgan fingerprint density at radius 2 is 1.42 bits per heavy atom.